The maximum atomic E-state index is 14.0. The fourth-order valence-electron chi connectivity index (χ4n) is 8.84. The molecule has 2 aliphatic heterocycles. The molecule has 1 saturated heterocycles. The number of hydrogen-bond donors (Lipinski definition) is 2. The van der Waals surface area contributed by atoms with E-state index in [1.807, 2.05) is 27.7 Å². The van der Waals surface area contributed by atoms with Gasteiger partial charge in [0.15, 0.2) is 23.4 Å². The van der Waals surface area contributed by atoms with E-state index in [0.29, 0.717) is 11.1 Å². The second-order valence-corrected chi connectivity index (χ2v) is 13.3. The van der Waals surface area contributed by atoms with E-state index in [2.05, 4.69) is 39.5 Å². The third-order valence-electron chi connectivity index (χ3n) is 11.3. The van der Waals surface area contributed by atoms with Gasteiger partial charge in [-0.3, -0.25) is 9.69 Å². The van der Waals surface area contributed by atoms with E-state index >= 15 is 0 Å². The number of carbonyl (C=O) groups is 1. The molecule has 2 saturated carbocycles. The van der Waals surface area contributed by atoms with Crippen molar-refractivity contribution in [3.05, 3.63) is 22.3 Å². The van der Waals surface area contributed by atoms with Crippen molar-refractivity contribution in [2.75, 3.05) is 0 Å². The number of ether oxygens (including phenoxy) is 1. The number of benzene rings is 1. The lowest BCUT2D eigenvalue weighted by molar-refractivity contribution is -0.266. The van der Waals surface area contributed by atoms with Gasteiger partial charge >= 0.3 is 0 Å². The number of hydrogen-bond acceptors (Lipinski definition) is 5. The number of piperidine rings is 1. The van der Waals surface area contributed by atoms with Gasteiger partial charge in [0, 0.05) is 38.2 Å². The Kier molecular flexibility index (Phi) is 3.47. The molecule has 1 aromatic rings. The maximum Gasteiger partial charge on any atom is 0.174 e. The lowest BCUT2D eigenvalue weighted by Crippen LogP contribution is -2.87. The van der Waals surface area contributed by atoms with Crippen molar-refractivity contribution in [2.45, 2.75) is 129 Å². The zero-order chi connectivity index (χ0) is 27.7. The summed E-state index contributed by atoms with van der Waals surface area (Å²) in [6, 6.07) is -0.650. The highest BCUT2D eigenvalue weighted by molar-refractivity contribution is 5.91. The molecule has 1 aromatic carbocycles. The van der Waals surface area contributed by atoms with E-state index < -0.39 is 52.5 Å². The predicted octanol–water partition coefficient (Wildman–Crippen LogP) is 4.68. The van der Waals surface area contributed by atoms with Crippen LogP contribution in [0.15, 0.2) is 0 Å². The lowest BCUT2D eigenvalue weighted by atomic mass is 9.36. The second kappa shape index (κ2) is 6.03. The number of rotatable bonds is 2. The van der Waals surface area contributed by atoms with Crippen LogP contribution >= 0.6 is 0 Å². The molecular weight excluding hydrogens is 426 g/mol. The largest absolute Gasteiger partial charge is 0.504 e. The maximum absolute atomic E-state index is 14.0. The Morgan fingerprint density at radius 1 is 1.12 bits per heavy atom. The van der Waals surface area contributed by atoms with E-state index in [-0.39, 0.29) is 29.0 Å². The Balaban J connectivity index is 1.84. The molecule has 3 aliphatic carbocycles. The van der Waals surface area contributed by atoms with Crippen LogP contribution in [0.4, 0.5) is 0 Å². The molecule has 2 N–H and O–H groups in total. The van der Waals surface area contributed by atoms with Crippen LogP contribution < -0.4 is 4.74 Å². The Labute approximate surface area is 208 Å². The van der Waals surface area contributed by atoms with Crippen molar-refractivity contribution in [3.63, 3.8) is 0 Å². The molecule has 2 heterocycles. The van der Waals surface area contributed by atoms with Crippen molar-refractivity contribution < 1.29 is 23.9 Å². The van der Waals surface area contributed by atoms with Crippen molar-refractivity contribution in [3.8, 4) is 11.5 Å². The highest BCUT2D eigenvalue weighted by Gasteiger charge is 2.83. The number of likely N-dealkylation sites (tertiary alicyclic amines) is 1. The van der Waals surface area contributed by atoms with Gasteiger partial charge in [-0.2, -0.15) is 0 Å². The van der Waals surface area contributed by atoms with Crippen LogP contribution in [0, 0.1) is 24.7 Å². The molecule has 5 heteroatoms. The molecule has 2 bridgehead atoms. The van der Waals surface area contributed by atoms with Crippen molar-refractivity contribution >= 4 is 5.78 Å². The van der Waals surface area contributed by atoms with Gasteiger partial charge in [0.2, 0.25) is 0 Å². The number of phenols is 1. The first-order valence-corrected chi connectivity index (χ1v) is 12.8. The highest BCUT2D eigenvalue weighted by Crippen LogP contribution is 2.75. The van der Waals surface area contributed by atoms with Gasteiger partial charge < -0.3 is 14.9 Å². The van der Waals surface area contributed by atoms with Gasteiger partial charge in [0.25, 0.3) is 0 Å². The molecular formula is C29H41NO4. The SMILES string of the molecule is [2H]C1([2H])C[C@@]2(O)[C@@H]3N(C(C)C4(C)CC4)C(C)C(C)(C)[C@@]24c2c(c(O)c(C)c(C)c2C3(C)C)O[C@@]4([2H])C1=O. The van der Waals surface area contributed by atoms with E-state index in [1.165, 1.54) is 0 Å². The average molecular weight is 471 g/mol. The van der Waals surface area contributed by atoms with Crippen LogP contribution in [-0.2, 0) is 15.6 Å². The Hall–Kier alpha value is -1.59. The normalized spacial score (nSPS) is 45.9. The van der Waals surface area contributed by atoms with Crippen molar-refractivity contribution in [1.82, 2.24) is 4.90 Å². The van der Waals surface area contributed by atoms with Gasteiger partial charge in [0.1, 0.15) is 0 Å². The standard InChI is InChI=1S/C29H41NO4/c1-14-15(2)21(32)22-20-19(14)25(5,6)24-28(33)11-10-18(31)23(34-22)29(20,28)26(7,8)16(3)30(24)17(4)27(9)12-13-27/h16-17,23-24,32-33H,10-13H2,1-9H3/t16?,17?,23-,24+,28+,29-/m0/s1/i10D2,23D. The van der Waals surface area contributed by atoms with Gasteiger partial charge in [-0.1, -0.05) is 34.6 Å². The van der Waals surface area contributed by atoms with Crippen LogP contribution in [0.2, 0.25) is 0 Å². The number of Topliss-reactive ketones (excluding diaryl/α,β-unsaturated/α-hetero) is 1. The Bertz CT molecular complexity index is 1290. The molecule has 1 spiro atoms. The summed E-state index contributed by atoms with van der Waals surface area (Å²) in [7, 11) is 0. The third-order valence-corrected chi connectivity index (χ3v) is 11.3. The first-order valence-electron chi connectivity index (χ1n) is 14.3. The number of aromatic hydroxyl groups is 1. The Morgan fingerprint density at radius 3 is 2.32 bits per heavy atom. The smallest absolute Gasteiger partial charge is 0.174 e. The first-order chi connectivity index (χ1) is 16.7. The van der Waals surface area contributed by atoms with Crippen LogP contribution in [0.25, 0.3) is 0 Å². The van der Waals surface area contributed by atoms with Crippen LogP contribution in [-0.4, -0.2) is 50.7 Å². The van der Waals surface area contributed by atoms with Gasteiger partial charge in [0.05, 0.1) is 12.4 Å². The number of nitrogens with zero attached hydrogens (tertiary/aromatic N) is 1. The van der Waals surface area contributed by atoms with E-state index in [0.717, 1.165) is 24.0 Å². The fourth-order valence-corrected chi connectivity index (χ4v) is 8.84. The quantitative estimate of drug-likeness (QED) is 0.657. The monoisotopic (exact) mass is 470 g/mol. The summed E-state index contributed by atoms with van der Waals surface area (Å²) in [6.07, 6.45) is -3.13. The number of carbonyl (C=O) groups excluding carboxylic acids is 1. The molecule has 186 valence electrons. The lowest BCUT2D eigenvalue weighted by Gasteiger charge is -2.75. The highest BCUT2D eigenvalue weighted by atomic mass is 16.5. The molecule has 6 rings (SSSR count). The number of aliphatic hydroxyl groups is 1. The summed E-state index contributed by atoms with van der Waals surface area (Å²) in [6.45, 7) is 18.6. The minimum absolute atomic E-state index is 0.0695. The molecule has 0 aromatic heterocycles. The molecule has 34 heavy (non-hydrogen) atoms. The average Bonchev–Trinajstić information content (AvgIpc) is 3.45. The van der Waals surface area contributed by atoms with Crippen molar-refractivity contribution in [2.24, 2.45) is 10.8 Å². The number of phenolic OH excluding ortho intramolecular Hbond substituents is 1. The topological polar surface area (TPSA) is 70.0 Å². The van der Waals surface area contributed by atoms with Gasteiger partial charge in [-0.25, -0.2) is 0 Å². The summed E-state index contributed by atoms with van der Waals surface area (Å²) in [4.78, 5) is 16.4. The minimum Gasteiger partial charge on any atom is -0.504 e. The third kappa shape index (κ3) is 2.05. The van der Waals surface area contributed by atoms with E-state index in [9.17, 15) is 16.4 Å². The molecule has 5 aliphatic rings. The Morgan fingerprint density at radius 2 is 1.74 bits per heavy atom. The molecule has 0 radical (unpaired) electrons. The zero-order valence-corrected chi connectivity index (χ0v) is 22.0. The molecule has 2 unspecified atom stereocenters. The van der Waals surface area contributed by atoms with Crippen LogP contribution in [0.1, 0.15) is 100 Å². The van der Waals surface area contributed by atoms with Crippen LogP contribution in [0.5, 0.6) is 11.5 Å². The molecule has 3 fully saturated rings. The zero-order valence-electron chi connectivity index (χ0n) is 25.0. The summed E-state index contributed by atoms with van der Waals surface area (Å²) in [5.74, 6) is -1.03. The van der Waals surface area contributed by atoms with Gasteiger partial charge in [-0.15, -0.1) is 0 Å². The summed E-state index contributed by atoms with van der Waals surface area (Å²) >= 11 is 0. The second-order valence-electron chi connectivity index (χ2n) is 13.3. The molecule has 6 atom stereocenters. The first kappa shape index (κ1) is 19.6. The van der Waals surface area contributed by atoms with Crippen molar-refractivity contribution in [1.29, 1.82) is 0 Å². The number of ketones is 1. The summed E-state index contributed by atoms with van der Waals surface area (Å²) in [5, 5.41) is 24.6. The van der Waals surface area contributed by atoms with Crippen LogP contribution in [0.3, 0.4) is 0 Å². The minimum atomic E-state index is -2.47. The fraction of sp³-hybridized carbons (Fsp3) is 0.759. The van der Waals surface area contributed by atoms with E-state index in [1.54, 1.807) is 0 Å². The molecule has 5 nitrogen and oxygen atoms in total. The molecule has 0 amide bonds. The van der Waals surface area contributed by atoms with Gasteiger partial charge in [-0.05, 0) is 74.5 Å². The predicted molar refractivity (Wildman–Crippen MR) is 132 cm³/mol. The summed E-state index contributed by atoms with van der Waals surface area (Å²) in [5.41, 5.74) is -1.94. The van der Waals surface area contributed by atoms with E-state index in [4.69, 9.17) is 7.48 Å². The summed E-state index contributed by atoms with van der Waals surface area (Å²) < 4.78 is 33.6.